The summed E-state index contributed by atoms with van der Waals surface area (Å²) >= 11 is 0. The second-order valence-corrected chi connectivity index (χ2v) is 8.23. The molecule has 1 amide bonds. The van der Waals surface area contributed by atoms with Gasteiger partial charge < -0.3 is 9.64 Å². The molecule has 34 heavy (non-hydrogen) atoms. The van der Waals surface area contributed by atoms with E-state index in [9.17, 15) is 9.59 Å². The molecule has 0 spiro atoms. The number of hydrogen-bond acceptors (Lipinski definition) is 5. The minimum atomic E-state index is -0.382. The summed E-state index contributed by atoms with van der Waals surface area (Å²) in [5.41, 5.74) is 3.78. The van der Waals surface area contributed by atoms with Crippen molar-refractivity contribution < 1.29 is 14.3 Å². The highest BCUT2D eigenvalue weighted by Gasteiger charge is 2.22. The Morgan fingerprint density at radius 1 is 1.00 bits per heavy atom. The van der Waals surface area contributed by atoms with Crippen molar-refractivity contribution >= 4 is 18.0 Å². The fourth-order valence-corrected chi connectivity index (χ4v) is 4.04. The van der Waals surface area contributed by atoms with Gasteiger partial charge in [-0.25, -0.2) is 9.48 Å². The molecule has 0 bridgehead atoms. The summed E-state index contributed by atoms with van der Waals surface area (Å²) < 4.78 is 6.76. The first-order valence-electron chi connectivity index (χ1n) is 11.6. The number of piperazine rings is 1. The first-order chi connectivity index (χ1) is 16.6. The van der Waals surface area contributed by atoms with Crippen molar-refractivity contribution in [3.05, 3.63) is 89.3 Å². The summed E-state index contributed by atoms with van der Waals surface area (Å²) in [7, 11) is 0. The Hall–Kier alpha value is -3.71. The topological polar surface area (TPSA) is 67.7 Å². The first kappa shape index (κ1) is 23.4. The fraction of sp³-hybridized carbons (Fsp3) is 0.296. The largest absolute Gasteiger partial charge is 0.462 e. The molecule has 7 heteroatoms. The zero-order chi connectivity index (χ0) is 23.9. The van der Waals surface area contributed by atoms with Gasteiger partial charge in [0.05, 0.1) is 24.2 Å². The van der Waals surface area contributed by atoms with E-state index in [1.54, 1.807) is 11.6 Å². The number of carbonyl (C=O) groups excluding carboxylic acids is 2. The van der Waals surface area contributed by atoms with Crippen LogP contribution in [0, 0.1) is 6.92 Å². The lowest BCUT2D eigenvalue weighted by Crippen LogP contribution is -2.48. The van der Waals surface area contributed by atoms with E-state index < -0.39 is 0 Å². The molecule has 4 rings (SSSR count). The summed E-state index contributed by atoms with van der Waals surface area (Å²) in [6, 6.07) is 17.6. The number of benzene rings is 2. The fourth-order valence-electron chi connectivity index (χ4n) is 4.04. The maximum absolute atomic E-state index is 13.0. The van der Waals surface area contributed by atoms with Crippen LogP contribution in [0.3, 0.4) is 0 Å². The summed E-state index contributed by atoms with van der Waals surface area (Å²) in [6.45, 7) is 7.92. The molecule has 0 unspecified atom stereocenters. The van der Waals surface area contributed by atoms with E-state index >= 15 is 0 Å². The Kier molecular flexibility index (Phi) is 7.54. The normalized spacial score (nSPS) is 14.5. The molecule has 2 heterocycles. The van der Waals surface area contributed by atoms with Crippen molar-refractivity contribution in [2.24, 2.45) is 0 Å². The molecule has 3 aromatic rings. The van der Waals surface area contributed by atoms with Gasteiger partial charge in [-0.1, -0.05) is 42.5 Å². The standard InChI is InChI=1S/C27H30N4O3/c1-3-34-27(33)25-20-28-31(21(25)2)24-13-11-23(12-14-24)26(32)30-18-16-29(17-19-30)15-7-10-22-8-5-4-6-9-22/h4-14,20H,3,15-19H2,1-2H3/b10-7+. The third-order valence-electron chi connectivity index (χ3n) is 6.00. The number of nitrogens with zero attached hydrogens (tertiary/aromatic N) is 4. The highest BCUT2D eigenvalue weighted by atomic mass is 16.5. The Balaban J connectivity index is 1.32. The Labute approximate surface area is 200 Å². The van der Waals surface area contributed by atoms with Crippen molar-refractivity contribution in [1.82, 2.24) is 19.6 Å². The lowest BCUT2D eigenvalue weighted by atomic mass is 10.1. The van der Waals surface area contributed by atoms with E-state index in [0.29, 0.717) is 36.5 Å². The number of hydrogen-bond donors (Lipinski definition) is 0. The van der Waals surface area contributed by atoms with E-state index in [4.69, 9.17) is 4.74 Å². The second-order valence-electron chi connectivity index (χ2n) is 8.23. The highest BCUT2D eigenvalue weighted by Crippen LogP contribution is 2.17. The van der Waals surface area contributed by atoms with Crippen molar-refractivity contribution in [3.63, 3.8) is 0 Å². The summed E-state index contributed by atoms with van der Waals surface area (Å²) in [6.07, 6.45) is 5.83. The van der Waals surface area contributed by atoms with Gasteiger partial charge in [-0.15, -0.1) is 0 Å². The molecule has 1 fully saturated rings. The van der Waals surface area contributed by atoms with Crippen LogP contribution in [0.15, 0.2) is 66.9 Å². The third-order valence-corrected chi connectivity index (χ3v) is 6.00. The maximum Gasteiger partial charge on any atom is 0.341 e. The van der Waals surface area contributed by atoms with Gasteiger partial charge in [-0.05, 0) is 43.7 Å². The quantitative estimate of drug-likeness (QED) is 0.504. The molecule has 0 aliphatic carbocycles. The number of amides is 1. The molecular formula is C27H30N4O3. The molecule has 1 aliphatic rings. The van der Waals surface area contributed by atoms with Crippen LogP contribution < -0.4 is 0 Å². The number of carbonyl (C=O) groups is 2. The molecule has 2 aromatic carbocycles. The predicted molar refractivity (Wildman–Crippen MR) is 132 cm³/mol. The van der Waals surface area contributed by atoms with Crippen LogP contribution in [0.4, 0.5) is 0 Å². The number of rotatable bonds is 7. The minimum absolute atomic E-state index is 0.0374. The van der Waals surface area contributed by atoms with Crippen LogP contribution >= 0.6 is 0 Å². The average molecular weight is 459 g/mol. The molecule has 1 saturated heterocycles. The van der Waals surface area contributed by atoms with Crippen LogP contribution in [0.1, 0.15) is 38.9 Å². The van der Waals surface area contributed by atoms with E-state index in [0.717, 1.165) is 25.3 Å². The van der Waals surface area contributed by atoms with Gasteiger partial charge in [0.1, 0.15) is 5.56 Å². The average Bonchev–Trinajstić information content (AvgIpc) is 3.26. The second kappa shape index (κ2) is 10.9. The molecule has 0 saturated carbocycles. The SMILES string of the molecule is CCOC(=O)c1cnn(-c2ccc(C(=O)N3CCN(C/C=C/c4ccccc4)CC3)cc2)c1C. The lowest BCUT2D eigenvalue weighted by molar-refractivity contribution is 0.0525. The van der Waals surface area contributed by atoms with Crippen LogP contribution in [-0.2, 0) is 4.74 Å². The Morgan fingerprint density at radius 2 is 1.71 bits per heavy atom. The maximum atomic E-state index is 13.0. The van der Waals surface area contributed by atoms with Crippen molar-refractivity contribution in [1.29, 1.82) is 0 Å². The molecule has 1 aliphatic heterocycles. The van der Waals surface area contributed by atoms with Gasteiger partial charge in [-0.3, -0.25) is 9.69 Å². The lowest BCUT2D eigenvalue weighted by Gasteiger charge is -2.34. The van der Waals surface area contributed by atoms with Crippen molar-refractivity contribution in [2.75, 3.05) is 39.3 Å². The van der Waals surface area contributed by atoms with Crippen LogP contribution in [0.5, 0.6) is 0 Å². The van der Waals surface area contributed by atoms with Gasteiger partial charge in [0.2, 0.25) is 0 Å². The molecule has 0 radical (unpaired) electrons. The number of ether oxygens (including phenoxy) is 1. The highest BCUT2D eigenvalue weighted by molar-refractivity contribution is 5.94. The number of esters is 1. The van der Waals surface area contributed by atoms with E-state index in [1.165, 1.54) is 11.8 Å². The molecule has 7 nitrogen and oxygen atoms in total. The molecular weight excluding hydrogens is 428 g/mol. The van der Waals surface area contributed by atoms with Gasteiger partial charge >= 0.3 is 5.97 Å². The monoisotopic (exact) mass is 458 g/mol. The first-order valence-corrected chi connectivity index (χ1v) is 11.6. The van der Waals surface area contributed by atoms with Crippen molar-refractivity contribution in [2.45, 2.75) is 13.8 Å². The summed E-state index contributed by atoms with van der Waals surface area (Å²) in [5.74, 6) is -0.344. The molecule has 176 valence electrons. The minimum Gasteiger partial charge on any atom is -0.462 e. The summed E-state index contributed by atoms with van der Waals surface area (Å²) in [5, 5.41) is 4.32. The summed E-state index contributed by atoms with van der Waals surface area (Å²) in [4.78, 5) is 29.3. The predicted octanol–water partition coefficient (Wildman–Crippen LogP) is 3.83. The van der Waals surface area contributed by atoms with E-state index in [-0.39, 0.29) is 11.9 Å². The zero-order valence-corrected chi connectivity index (χ0v) is 19.7. The van der Waals surface area contributed by atoms with Crippen molar-refractivity contribution in [3.8, 4) is 5.69 Å². The zero-order valence-electron chi connectivity index (χ0n) is 19.7. The Bertz CT molecular complexity index is 1140. The molecule has 0 atom stereocenters. The Morgan fingerprint density at radius 3 is 2.38 bits per heavy atom. The van der Waals surface area contributed by atoms with Gasteiger partial charge in [0.15, 0.2) is 0 Å². The van der Waals surface area contributed by atoms with Gasteiger partial charge in [0.25, 0.3) is 5.91 Å². The van der Waals surface area contributed by atoms with E-state index in [1.807, 2.05) is 54.3 Å². The van der Waals surface area contributed by atoms with Crippen LogP contribution in [0.25, 0.3) is 11.8 Å². The van der Waals surface area contributed by atoms with Gasteiger partial charge in [-0.2, -0.15) is 5.10 Å². The van der Waals surface area contributed by atoms with E-state index in [2.05, 4.69) is 34.3 Å². The van der Waals surface area contributed by atoms with Crippen LogP contribution in [0.2, 0.25) is 0 Å². The number of aromatic nitrogens is 2. The van der Waals surface area contributed by atoms with Gasteiger partial charge in [0, 0.05) is 38.3 Å². The molecule has 1 aromatic heterocycles. The third kappa shape index (κ3) is 5.43. The smallest absolute Gasteiger partial charge is 0.341 e. The molecule has 0 N–H and O–H groups in total. The van der Waals surface area contributed by atoms with Crippen LogP contribution in [-0.4, -0.2) is 70.8 Å².